The zero-order chi connectivity index (χ0) is 15.3. The maximum Gasteiger partial charge on any atom is 0.416 e. The van der Waals surface area contributed by atoms with Gasteiger partial charge in [-0.05, 0) is 12.1 Å². The average molecular weight is 300 g/mol. The van der Waals surface area contributed by atoms with Crippen LogP contribution in [0.1, 0.15) is 11.3 Å². The molecular formula is C14H15F3N2O2. The van der Waals surface area contributed by atoms with Crippen LogP contribution in [0.4, 0.5) is 13.2 Å². The highest BCUT2D eigenvalue weighted by Gasteiger charge is 2.30. The van der Waals surface area contributed by atoms with Crippen LogP contribution in [-0.2, 0) is 17.5 Å². The Morgan fingerprint density at radius 2 is 1.95 bits per heavy atom. The molecule has 0 bridgehead atoms. The summed E-state index contributed by atoms with van der Waals surface area (Å²) in [5, 5.41) is 3.11. The zero-order valence-electron chi connectivity index (χ0n) is 11.4. The number of aromatic nitrogens is 1. The van der Waals surface area contributed by atoms with E-state index in [-0.39, 0.29) is 0 Å². The van der Waals surface area contributed by atoms with Crippen LogP contribution in [0, 0.1) is 0 Å². The molecule has 21 heavy (non-hydrogen) atoms. The molecule has 4 nitrogen and oxygen atoms in total. The fraction of sp³-hybridized carbons (Fsp3) is 0.357. The van der Waals surface area contributed by atoms with Gasteiger partial charge in [-0.25, -0.2) is 4.98 Å². The van der Waals surface area contributed by atoms with Crippen LogP contribution in [0.2, 0.25) is 0 Å². The van der Waals surface area contributed by atoms with Crippen molar-refractivity contribution < 1.29 is 22.3 Å². The molecule has 0 aliphatic heterocycles. The summed E-state index contributed by atoms with van der Waals surface area (Å²) in [5.74, 6) is 0.466. The van der Waals surface area contributed by atoms with Gasteiger partial charge in [-0.15, -0.1) is 0 Å². The lowest BCUT2D eigenvalue weighted by Gasteiger charge is -2.07. The van der Waals surface area contributed by atoms with Crippen molar-refractivity contribution in [3.8, 4) is 11.3 Å². The molecule has 0 atom stereocenters. The molecule has 7 heteroatoms. The lowest BCUT2D eigenvalue weighted by molar-refractivity contribution is -0.137. The van der Waals surface area contributed by atoms with E-state index in [0.29, 0.717) is 36.7 Å². The molecule has 0 radical (unpaired) electrons. The number of oxazole rings is 1. The quantitative estimate of drug-likeness (QED) is 0.833. The summed E-state index contributed by atoms with van der Waals surface area (Å²) in [7, 11) is 1.60. The average Bonchev–Trinajstić information content (AvgIpc) is 2.91. The SMILES string of the molecule is COCCNCc1ncoc1-c1ccc(C(F)(F)F)cc1. The van der Waals surface area contributed by atoms with Gasteiger partial charge >= 0.3 is 6.18 Å². The van der Waals surface area contributed by atoms with E-state index < -0.39 is 11.7 Å². The maximum atomic E-state index is 12.5. The third kappa shape index (κ3) is 4.05. The van der Waals surface area contributed by atoms with E-state index in [1.54, 1.807) is 7.11 Å². The Kier molecular flexibility index (Phi) is 4.98. The number of alkyl halides is 3. The van der Waals surface area contributed by atoms with Crippen LogP contribution in [0.25, 0.3) is 11.3 Å². The first-order valence-electron chi connectivity index (χ1n) is 6.32. The van der Waals surface area contributed by atoms with Gasteiger partial charge < -0.3 is 14.5 Å². The van der Waals surface area contributed by atoms with Crippen LogP contribution in [0.15, 0.2) is 35.1 Å². The largest absolute Gasteiger partial charge is 0.443 e. The van der Waals surface area contributed by atoms with Crippen molar-refractivity contribution in [1.82, 2.24) is 10.3 Å². The number of benzene rings is 1. The summed E-state index contributed by atoms with van der Waals surface area (Å²) < 4.78 is 47.7. The van der Waals surface area contributed by atoms with Crippen molar-refractivity contribution in [3.63, 3.8) is 0 Å². The molecule has 0 fully saturated rings. The number of methoxy groups -OCH3 is 1. The summed E-state index contributed by atoms with van der Waals surface area (Å²) in [6, 6.07) is 4.81. The first-order chi connectivity index (χ1) is 10.0. The Hall–Kier alpha value is -1.86. The molecule has 1 aromatic carbocycles. The fourth-order valence-electron chi connectivity index (χ4n) is 1.82. The molecule has 0 spiro atoms. The molecule has 0 saturated heterocycles. The van der Waals surface area contributed by atoms with E-state index in [2.05, 4.69) is 10.3 Å². The summed E-state index contributed by atoms with van der Waals surface area (Å²) in [6.45, 7) is 1.67. The maximum absolute atomic E-state index is 12.5. The van der Waals surface area contributed by atoms with Gasteiger partial charge in [0, 0.05) is 25.8 Å². The predicted molar refractivity (Wildman–Crippen MR) is 70.5 cm³/mol. The topological polar surface area (TPSA) is 47.3 Å². The minimum atomic E-state index is -4.34. The molecule has 114 valence electrons. The van der Waals surface area contributed by atoms with Gasteiger partial charge in [-0.1, -0.05) is 12.1 Å². The predicted octanol–water partition coefficient (Wildman–Crippen LogP) is 3.10. The third-order valence-electron chi connectivity index (χ3n) is 2.89. The van der Waals surface area contributed by atoms with Crippen LogP contribution in [0.5, 0.6) is 0 Å². The Morgan fingerprint density at radius 1 is 1.24 bits per heavy atom. The van der Waals surface area contributed by atoms with Gasteiger partial charge in [0.05, 0.1) is 12.2 Å². The summed E-state index contributed by atoms with van der Waals surface area (Å²) in [5.41, 5.74) is 0.514. The van der Waals surface area contributed by atoms with Crippen molar-refractivity contribution in [1.29, 1.82) is 0 Å². The van der Waals surface area contributed by atoms with Crippen LogP contribution in [-0.4, -0.2) is 25.2 Å². The second kappa shape index (κ2) is 6.73. The minimum Gasteiger partial charge on any atom is -0.443 e. The number of hydrogen-bond acceptors (Lipinski definition) is 4. The molecule has 0 aliphatic carbocycles. The number of nitrogens with zero attached hydrogens (tertiary/aromatic N) is 1. The van der Waals surface area contributed by atoms with Gasteiger partial charge in [-0.3, -0.25) is 0 Å². The van der Waals surface area contributed by atoms with Crippen LogP contribution in [0.3, 0.4) is 0 Å². The minimum absolute atomic E-state index is 0.455. The molecule has 0 unspecified atom stereocenters. The van der Waals surface area contributed by atoms with E-state index in [0.717, 1.165) is 12.1 Å². The molecular weight excluding hydrogens is 285 g/mol. The number of ether oxygens (including phenoxy) is 1. The number of nitrogens with one attached hydrogen (secondary N) is 1. The van der Waals surface area contributed by atoms with Gasteiger partial charge in [-0.2, -0.15) is 13.2 Å². The van der Waals surface area contributed by atoms with Gasteiger partial charge in [0.1, 0.15) is 5.69 Å². The first-order valence-corrected chi connectivity index (χ1v) is 6.32. The second-order valence-corrected chi connectivity index (χ2v) is 4.37. The van der Waals surface area contributed by atoms with Gasteiger partial charge in [0.15, 0.2) is 12.2 Å². The van der Waals surface area contributed by atoms with Crippen molar-refractivity contribution in [2.45, 2.75) is 12.7 Å². The van der Waals surface area contributed by atoms with Crippen LogP contribution < -0.4 is 5.32 Å². The monoisotopic (exact) mass is 300 g/mol. The summed E-state index contributed by atoms with van der Waals surface area (Å²) in [6.07, 6.45) is -3.06. The molecule has 2 rings (SSSR count). The highest BCUT2D eigenvalue weighted by atomic mass is 19.4. The molecule has 1 heterocycles. The Labute approximate surface area is 119 Å². The van der Waals surface area contributed by atoms with E-state index >= 15 is 0 Å². The van der Waals surface area contributed by atoms with Gasteiger partial charge in [0.2, 0.25) is 0 Å². The van der Waals surface area contributed by atoms with Crippen LogP contribution >= 0.6 is 0 Å². The highest BCUT2D eigenvalue weighted by molar-refractivity contribution is 5.60. The summed E-state index contributed by atoms with van der Waals surface area (Å²) in [4.78, 5) is 4.07. The van der Waals surface area contributed by atoms with E-state index in [1.165, 1.54) is 18.5 Å². The lowest BCUT2D eigenvalue weighted by atomic mass is 10.1. The molecule has 0 aliphatic rings. The Balaban J connectivity index is 2.10. The standard InChI is InChI=1S/C14H15F3N2O2/c1-20-7-6-18-8-12-13(21-9-19-12)10-2-4-11(5-3-10)14(15,16)17/h2-5,9,18H,6-8H2,1H3. The lowest BCUT2D eigenvalue weighted by Crippen LogP contribution is -2.19. The molecule has 0 amide bonds. The third-order valence-corrected chi connectivity index (χ3v) is 2.89. The molecule has 2 aromatic rings. The van der Waals surface area contributed by atoms with E-state index in [4.69, 9.17) is 9.15 Å². The van der Waals surface area contributed by atoms with E-state index in [1.807, 2.05) is 0 Å². The molecule has 0 saturated carbocycles. The fourth-order valence-corrected chi connectivity index (χ4v) is 1.82. The number of rotatable bonds is 6. The zero-order valence-corrected chi connectivity index (χ0v) is 11.4. The van der Waals surface area contributed by atoms with Crippen molar-refractivity contribution in [2.24, 2.45) is 0 Å². The first kappa shape index (κ1) is 15.5. The second-order valence-electron chi connectivity index (χ2n) is 4.37. The number of halogens is 3. The smallest absolute Gasteiger partial charge is 0.416 e. The van der Waals surface area contributed by atoms with Crippen molar-refractivity contribution in [3.05, 3.63) is 41.9 Å². The Bertz CT molecular complexity index is 564. The Morgan fingerprint density at radius 3 is 2.57 bits per heavy atom. The van der Waals surface area contributed by atoms with E-state index in [9.17, 15) is 13.2 Å². The van der Waals surface area contributed by atoms with Gasteiger partial charge in [0.25, 0.3) is 0 Å². The highest BCUT2D eigenvalue weighted by Crippen LogP contribution is 2.31. The number of hydrogen-bond donors (Lipinski definition) is 1. The summed E-state index contributed by atoms with van der Waals surface area (Å²) >= 11 is 0. The van der Waals surface area contributed by atoms with Crippen molar-refractivity contribution >= 4 is 0 Å². The van der Waals surface area contributed by atoms with Crippen molar-refractivity contribution in [2.75, 3.05) is 20.3 Å². The molecule has 1 aromatic heterocycles. The normalized spacial score (nSPS) is 11.8. The molecule has 1 N–H and O–H groups in total.